The van der Waals surface area contributed by atoms with Crippen LogP contribution in [0.5, 0.6) is 0 Å². The molecule has 0 radical (unpaired) electrons. The van der Waals surface area contributed by atoms with E-state index in [0.29, 0.717) is 11.8 Å². The first kappa shape index (κ1) is 18.4. The van der Waals surface area contributed by atoms with Crippen LogP contribution in [0, 0.1) is 17.8 Å². The van der Waals surface area contributed by atoms with Crippen molar-refractivity contribution in [2.24, 2.45) is 23.5 Å². The average Bonchev–Trinajstić information content (AvgIpc) is 2.35. The van der Waals surface area contributed by atoms with Crippen LogP contribution in [0.3, 0.4) is 0 Å². The van der Waals surface area contributed by atoms with Gasteiger partial charge in [0.1, 0.15) is 0 Å². The minimum absolute atomic E-state index is 0.135. The first-order valence-electron chi connectivity index (χ1n) is 7.83. The highest BCUT2D eigenvalue weighted by atomic mass is 16.2. The normalized spacial score (nSPS) is 14.8. The molecule has 0 aliphatic rings. The first-order chi connectivity index (χ1) is 8.79. The van der Waals surface area contributed by atoms with E-state index < -0.39 is 0 Å². The van der Waals surface area contributed by atoms with Gasteiger partial charge in [-0.3, -0.25) is 4.79 Å². The lowest BCUT2D eigenvalue weighted by Crippen LogP contribution is -2.48. The summed E-state index contributed by atoms with van der Waals surface area (Å²) >= 11 is 0. The maximum atomic E-state index is 12.5. The van der Waals surface area contributed by atoms with Crippen LogP contribution < -0.4 is 5.73 Å². The molecule has 3 heteroatoms. The number of rotatable bonds is 9. The summed E-state index contributed by atoms with van der Waals surface area (Å²) in [6, 6.07) is -0.343. The van der Waals surface area contributed by atoms with Crippen LogP contribution in [-0.4, -0.2) is 29.9 Å². The van der Waals surface area contributed by atoms with Crippen molar-refractivity contribution >= 4 is 5.91 Å². The molecule has 1 amide bonds. The Bertz CT molecular complexity index is 239. The van der Waals surface area contributed by atoms with E-state index in [1.165, 1.54) is 0 Å². The average molecular weight is 270 g/mol. The van der Waals surface area contributed by atoms with Crippen molar-refractivity contribution < 1.29 is 4.79 Å². The van der Waals surface area contributed by atoms with Gasteiger partial charge >= 0.3 is 0 Å². The Hall–Kier alpha value is -0.570. The van der Waals surface area contributed by atoms with E-state index >= 15 is 0 Å². The van der Waals surface area contributed by atoms with Crippen molar-refractivity contribution in [2.45, 2.75) is 66.8 Å². The minimum atomic E-state index is -0.343. The van der Waals surface area contributed by atoms with Crippen LogP contribution in [0.15, 0.2) is 0 Å². The maximum absolute atomic E-state index is 12.5. The Labute approximate surface area is 119 Å². The second-order valence-electron chi connectivity index (χ2n) is 6.60. The molecule has 0 aromatic rings. The molecule has 0 spiro atoms. The zero-order valence-electron chi connectivity index (χ0n) is 13.8. The van der Waals surface area contributed by atoms with Gasteiger partial charge in [-0.15, -0.1) is 0 Å². The molecular formula is C16H34N2O. The molecule has 0 heterocycles. The number of carbonyl (C=O) groups excluding carboxylic acids is 1. The lowest BCUT2D eigenvalue weighted by Gasteiger charge is -2.29. The molecule has 0 bridgehead atoms. The summed E-state index contributed by atoms with van der Waals surface area (Å²) in [5.74, 6) is 1.63. The Kier molecular flexibility index (Phi) is 9.07. The van der Waals surface area contributed by atoms with E-state index in [-0.39, 0.29) is 17.9 Å². The van der Waals surface area contributed by atoms with E-state index in [4.69, 9.17) is 5.73 Å². The molecule has 0 aliphatic heterocycles. The molecule has 0 saturated carbocycles. The predicted octanol–water partition coefficient (Wildman–Crippen LogP) is 3.28. The predicted molar refractivity (Wildman–Crippen MR) is 82.9 cm³/mol. The summed E-state index contributed by atoms with van der Waals surface area (Å²) in [7, 11) is 0. The molecule has 2 N–H and O–H groups in total. The van der Waals surface area contributed by atoms with Crippen molar-refractivity contribution in [3.05, 3.63) is 0 Å². The second kappa shape index (κ2) is 9.35. The van der Waals surface area contributed by atoms with Crippen LogP contribution >= 0.6 is 0 Å². The van der Waals surface area contributed by atoms with E-state index in [1.807, 2.05) is 4.90 Å². The molecule has 3 nitrogen and oxygen atoms in total. The third-order valence-corrected chi connectivity index (χ3v) is 3.81. The van der Waals surface area contributed by atoms with Crippen molar-refractivity contribution in [2.75, 3.05) is 13.1 Å². The topological polar surface area (TPSA) is 46.3 Å². The fraction of sp³-hybridized carbons (Fsp3) is 0.938. The van der Waals surface area contributed by atoms with Crippen molar-refractivity contribution in [3.8, 4) is 0 Å². The summed E-state index contributed by atoms with van der Waals surface area (Å²) in [5, 5.41) is 0. The number of amides is 1. The van der Waals surface area contributed by atoms with Crippen LogP contribution in [-0.2, 0) is 4.79 Å². The van der Waals surface area contributed by atoms with Gasteiger partial charge in [0, 0.05) is 13.1 Å². The maximum Gasteiger partial charge on any atom is 0.239 e. The lowest BCUT2D eigenvalue weighted by molar-refractivity contribution is -0.134. The summed E-state index contributed by atoms with van der Waals surface area (Å²) < 4.78 is 0. The Morgan fingerprint density at radius 2 is 1.42 bits per heavy atom. The molecule has 0 rings (SSSR count). The van der Waals surface area contributed by atoms with Gasteiger partial charge in [0.05, 0.1) is 6.04 Å². The second-order valence-corrected chi connectivity index (χ2v) is 6.60. The molecule has 19 heavy (non-hydrogen) atoms. The van der Waals surface area contributed by atoms with Gasteiger partial charge in [-0.05, 0) is 30.6 Å². The van der Waals surface area contributed by atoms with Gasteiger partial charge < -0.3 is 10.6 Å². The summed E-state index contributed by atoms with van der Waals surface area (Å²) in [5.41, 5.74) is 6.09. The highest BCUT2D eigenvalue weighted by Crippen LogP contribution is 2.12. The van der Waals surface area contributed by atoms with Gasteiger partial charge in [-0.25, -0.2) is 0 Å². The molecule has 114 valence electrons. The van der Waals surface area contributed by atoms with Crippen LogP contribution in [0.25, 0.3) is 0 Å². The van der Waals surface area contributed by atoms with Crippen molar-refractivity contribution in [1.82, 2.24) is 4.90 Å². The van der Waals surface area contributed by atoms with E-state index in [2.05, 4.69) is 41.5 Å². The smallest absolute Gasteiger partial charge is 0.239 e. The van der Waals surface area contributed by atoms with Crippen molar-refractivity contribution in [3.63, 3.8) is 0 Å². The Balaban J connectivity index is 4.56. The lowest BCUT2D eigenvalue weighted by atomic mass is 9.98. The largest absolute Gasteiger partial charge is 0.341 e. The van der Waals surface area contributed by atoms with Gasteiger partial charge in [0.2, 0.25) is 5.91 Å². The highest BCUT2D eigenvalue weighted by molar-refractivity contribution is 5.81. The fourth-order valence-corrected chi connectivity index (χ4v) is 1.87. The number of hydrogen-bond acceptors (Lipinski definition) is 2. The molecule has 0 aromatic heterocycles. The van der Waals surface area contributed by atoms with Crippen LogP contribution in [0.2, 0.25) is 0 Å². The quantitative estimate of drug-likeness (QED) is 0.699. The molecular weight excluding hydrogens is 236 g/mol. The van der Waals surface area contributed by atoms with Gasteiger partial charge in [-0.2, -0.15) is 0 Å². The zero-order valence-corrected chi connectivity index (χ0v) is 13.8. The molecule has 0 fully saturated rings. The third kappa shape index (κ3) is 7.56. The van der Waals surface area contributed by atoms with Gasteiger partial charge in [0.25, 0.3) is 0 Å². The first-order valence-corrected chi connectivity index (χ1v) is 7.83. The summed E-state index contributed by atoms with van der Waals surface area (Å²) in [6.07, 6.45) is 3.06. The molecule has 0 aliphatic carbocycles. The van der Waals surface area contributed by atoms with E-state index in [1.54, 1.807) is 0 Å². The minimum Gasteiger partial charge on any atom is -0.341 e. The third-order valence-electron chi connectivity index (χ3n) is 3.81. The number of nitrogens with zero attached hydrogens (tertiary/aromatic N) is 1. The zero-order chi connectivity index (χ0) is 15.0. The number of hydrogen-bond donors (Lipinski definition) is 1. The monoisotopic (exact) mass is 270 g/mol. The molecule has 1 unspecified atom stereocenters. The SMILES string of the molecule is CCC(C)[C@H](N)C(=O)N(CCC(C)C)CCC(C)C. The highest BCUT2D eigenvalue weighted by Gasteiger charge is 2.24. The van der Waals surface area contributed by atoms with E-state index in [0.717, 1.165) is 32.4 Å². The Morgan fingerprint density at radius 3 is 1.74 bits per heavy atom. The Morgan fingerprint density at radius 1 is 1.00 bits per heavy atom. The summed E-state index contributed by atoms with van der Waals surface area (Å²) in [6.45, 7) is 14.6. The number of nitrogens with two attached hydrogens (primary N) is 1. The standard InChI is InChI=1S/C16H34N2O/c1-7-14(6)15(17)16(19)18(10-8-12(2)3)11-9-13(4)5/h12-15H,7-11,17H2,1-6H3/t14?,15-/m0/s1. The molecule has 0 aromatic carbocycles. The summed E-state index contributed by atoms with van der Waals surface area (Å²) in [4.78, 5) is 14.5. The van der Waals surface area contributed by atoms with Crippen LogP contribution in [0.4, 0.5) is 0 Å². The van der Waals surface area contributed by atoms with Crippen molar-refractivity contribution in [1.29, 1.82) is 0 Å². The fourth-order valence-electron chi connectivity index (χ4n) is 1.87. The van der Waals surface area contributed by atoms with Gasteiger partial charge in [0.15, 0.2) is 0 Å². The molecule has 0 saturated heterocycles. The molecule has 2 atom stereocenters. The van der Waals surface area contributed by atoms with Crippen LogP contribution in [0.1, 0.15) is 60.8 Å². The van der Waals surface area contributed by atoms with E-state index in [9.17, 15) is 4.79 Å². The number of carbonyl (C=O) groups is 1. The van der Waals surface area contributed by atoms with Gasteiger partial charge in [-0.1, -0.05) is 48.0 Å².